The van der Waals surface area contributed by atoms with Crippen LogP contribution in [0.25, 0.3) is 0 Å². The van der Waals surface area contributed by atoms with Gasteiger partial charge < -0.3 is 10.1 Å². The van der Waals surface area contributed by atoms with Gasteiger partial charge >= 0.3 is 0 Å². The van der Waals surface area contributed by atoms with E-state index in [2.05, 4.69) is 21.2 Å². The summed E-state index contributed by atoms with van der Waals surface area (Å²) < 4.78 is 7.01. The van der Waals surface area contributed by atoms with Crippen LogP contribution in [0.5, 0.6) is 5.75 Å². The van der Waals surface area contributed by atoms with Crippen molar-refractivity contribution in [2.75, 3.05) is 13.1 Å². The van der Waals surface area contributed by atoms with E-state index in [1.807, 2.05) is 19.9 Å². The molecular formula is C13H18BrCl2NO. The van der Waals surface area contributed by atoms with Crippen LogP contribution in [0.15, 0.2) is 10.5 Å². The molecular weight excluding hydrogens is 337 g/mol. The summed E-state index contributed by atoms with van der Waals surface area (Å²) in [6.45, 7) is 6.03. The molecule has 1 unspecified atom stereocenters. The zero-order chi connectivity index (χ0) is 12.4. The van der Waals surface area contributed by atoms with Crippen molar-refractivity contribution in [3.8, 4) is 5.75 Å². The highest BCUT2D eigenvalue weighted by molar-refractivity contribution is 9.10. The number of piperidine rings is 1. The maximum absolute atomic E-state index is 6.20. The first-order valence-corrected chi connectivity index (χ1v) is 7.09. The molecule has 5 heteroatoms. The Bertz CT molecular complexity index is 420. The first kappa shape index (κ1) is 16.1. The van der Waals surface area contributed by atoms with Gasteiger partial charge in [0.05, 0.1) is 4.47 Å². The quantitative estimate of drug-likeness (QED) is 0.856. The Morgan fingerprint density at radius 1 is 1.44 bits per heavy atom. The largest absolute Gasteiger partial charge is 0.488 e. The number of benzene rings is 1. The molecule has 2 nitrogen and oxygen atoms in total. The van der Waals surface area contributed by atoms with E-state index in [1.54, 1.807) is 0 Å². The average Bonchev–Trinajstić information content (AvgIpc) is 2.35. The smallest absolute Gasteiger partial charge is 0.134 e. The number of ether oxygens (including phenoxy) is 1. The Balaban J connectivity index is 0.00000162. The van der Waals surface area contributed by atoms with Gasteiger partial charge in [0, 0.05) is 11.6 Å². The predicted molar refractivity (Wildman–Crippen MR) is 82.4 cm³/mol. The normalized spacial score (nSPS) is 19.2. The fourth-order valence-corrected chi connectivity index (χ4v) is 2.76. The van der Waals surface area contributed by atoms with Crippen LogP contribution in [0.3, 0.4) is 0 Å². The van der Waals surface area contributed by atoms with Crippen LogP contribution >= 0.6 is 39.9 Å². The molecule has 18 heavy (non-hydrogen) atoms. The number of rotatable bonds is 2. The first-order valence-electron chi connectivity index (χ1n) is 5.92. The summed E-state index contributed by atoms with van der Waals surface area (Å²) in [5, 5.41) is 4.16. The van der Waals surface area contributed by atoms with Gasteiger partial charge in [-0.05, 0) is 66.4 Å². The molecule has 1 atom stereocenters. The minimum absolute atomic E-state index is 0. The van der Waals surface area contributed by atoms with Crippen LogP contribution < -0.4 is 10.1 Å². The minimum atomic E-state index is 0. The van der Waals surface area contributed by atoms with Crippen molar-refractivity contribution in [2.24, 2.45) is 0 Å². The summed E-state index contributed by atoms with van der Waals surface area (Å²) in [5.41, 5.74) is 2.11. The molecule has 1 saturated heterocycles. The molecule has 0 aliphatic carbocycles. The number of halogens is 3. The molecule has 0 bridgehead atoms. The van der Waals surface area contributed by atoms with Crippen LogP contribution in [-0.2, 0) is 0 Å². The molecule has 0 radical (unpaired) electrons. The lowest BCUT2D eigenvalue weighted by molar-refractivity contribution is 0.166. The fraction of sp³-hybridized carbons (Fsp3) is 0.538. The van der Waals surface area contributed by atoms with Crippen molar-refractivity contribution >= 4 is 39.9 Å². The van der Waals surface area contributed by atoms with Crippen LogP contribution in [0.1, 0.15) is 24.0 Å². The van der Waals surface area contributed by atoms with Gasteiger partial charge in [0.25, 0.3) is 0 Å². The van der Waals surface area contributed by atoms with E-state index >= 15 is 0 Å². The fourth-order valence-electron chi connectivity index (χ4n) is 2.09. The number of aryl methyl sites for hydroxylation is 1. The first-order chi connectivity index (χ1) is 8.09. The monoisotopic (exact) mass is 353 g/mol. The van der Waals surface area contributed by atoms with Gasteiger partial charge in [-0.15, -0.1) is 12.4 Å². The van der Waals surface area contributed by atoms with E-state index in [9.17, 15) is 0 Å². The Labute approximate surface area is 128 Å². The zero-order valence-electron chi connectivity index (χ0n) is 10.6. The van der Waals surface area contributed by atoms with Gasteiger partial charge in [0.2, 0.25) is 0 Å². The van der Waals surface area contributed by atoms with Crippen LogP contribution in [0.2, 0.25) is 5.02 Å². The number of hydrogen-bond acceptors (Lipinski definition) is 2. The van der Waals surface area contributed by atoms with Gasteiger partial charge in [-0.1, -0.05) is 11.6 Å². The third-order valence-electron chi connectivity index (χ3n) is 3.11. The maximum Gasteiger partial charge on any atom is 0.134 e. The van der Waals surface area contributed by atoms with Crippen molar-refractivity contribution in [1.29, 1.82) is 0 Å². The van der Waals surface area contributed by atoms with Gasteiger partial charge in [-0.2, -0.15) is 0 Å². The van der Waals surface area contributed by atoms with Crippen molar-refractivity contribution in [2.45, 2.75) is 32.8 Å². The molecule has 1 aromatic rings. The Morgan fingerprint density at radius 2 is 2.17 bits per heavy atom. The lowest BCUT2D eigenvalue weighted by Crippen LogP contribution is -2.37. The number of hydrogen-bond donors (Lipinski definition) is 1. The number of nitrogens with one attached hydrogen (secondary N) is 1. The van der Waals surface area contributed by atoms with Crippen LogP contribution in [-0.4, -0.2) is 19.2 Å². The van der Waals surface area contributed by atoms with Gasteiger partial charge in [-0.3, -0.25) is 0 Å². The molecule has 0 saturated carbocycles. The summed E-state index contributed by atoms with van der Waals surface area (Å²) in [6, 6.07) is 2.01. The SMILES string of the molecule is Cc1cc(OC2CCCNC2)c(Br)c(C)c1Cl.Cl. The molecule has 0 aromatic heterocycles. The maximum atomic E-state index is 6.20. The van der Waals surface area contributed by atoms with Crippen LogP contribution in [0.4, 0.5) is 0 Å². The van der Waals surface area contributed by atoms with E-state index < -0.39 is 0 Å². The van der Waals surface area contributed by atoms with Gasteiger partial charge in [-0.25, -0.2) is 0 Å². The second-order valence-electron chi connectivity index (χ2n) is 4.53. The molecule has 1 aliphatic heterocycles. The second-order valence-corrected chi connectivity index (χ2v) is 5.70. The molecule has 0 amide bonds. The van der Waals surface area contributed by atoms with Crippen molar-refractivity contribution in [3.05, 3.63) is 26.7 Å². The van der Waals surface area contributed by atoms with Crippen molar-refractivity contribution in [3.63, 3.8) is 0 Å². The van der Waals surface area contributed by atoms with E-state index in [-0.39, 0.29) is 18.5 Å². The summed E-state index contributed by atoms with van der Waals surface area (Å²) in [4.78, 5) is 0. The lowest BCUT2D eigenvalue weighted by Gasteiger charge is -2.25. The molecule has 0 spiro atoms. The molecule has 2 rings (SSSR count). The van der Waals surface area contributed by atoms with Gasteiger partial charge in [0.1, 0.15) is 11.9 Å². The highest BCUT2D eigenvalue weighted by atomic mass is 79.9. The third kappa shape index (κ3) is 3.53. The second kappa shape index (κ2) is 6.99. The zero-order valence-corrected chi connectivity index (χ0v) is 13.7. The van der Waals surface area contributed by atoms with Gasteiger partial charge in [0.15, 0.2) is 0 Å². The van der Waals surface area contributed by atoms with E-state index in [4.69, 9.17) is 16.3 Å². The Hall–Kier alpha value is 0.0400. The van der Waals surface area contributed by atoms with Crippen molar-refractivity contribution < 1.29 is 4.74 Å². The molecule has 1 aromatic carbocycles. The van der Waals surface area contributed by atoms with Crippen LogP contribution in [0, 0.1) is 13.8 Å². The summed E-state index contributed by atoms with van der Waals surface area (Å²) in [7, 11) is 0. The minimum Gasteiger partial charge on any atom is -0.488 e. The Kier molecular flexibility index (Phi) is 6.25. The van der Waals surface area contributed by atoms with E-state index in [1.165, 1.54) is 6.42 Å². The highest BCUT2D eigenvalue weighted by Crippen LogP contribution is 2.36. The van der Waals surface area contributed by atoms with E-state index in [0.29, 0.717) is 0 Å². The summed E-state index contributed by atoms with van der Waals surface area (Å²) in [6.07, 6.45) is 2.55. The van der Waals surface area contributed by atoms with E-state index in [0.717, 1.165) is 45.9 Å². The average molecular weight is 355 g/mol. The molecule has 1 aliphatic rings. The molecule has 1 N–H and O–H groups in total. The molecule has 1 heterocycles. The predicted octanol–water partition coefficient (Wildman–Crippen LogP) is 4.27. The topological polar surface area (TPSA) is 21.3 Å². The standard InChI is InChI=1S/C13H17BrClNO.ClH/c1-8-6-11(12(14)9(2)13(8)15)17-10-4-3-5-16-7-10;/h6,10,16H,3-5,7H2,1-2H3;1H. The Morgan fingerprint density at radius 3 is 2.78 bits per heavy atom. The third-order valence-corrected chi connectivity index (χ3v) is 4.68. The van der Waals surface area contributed by atoms with Crippen molar-refractivity contribution in [1.82, 2.24) is 5.32 Å². The molecule has 1 fully saturated rings. The summed E-state index contributed by atoms with van der Waals surface area (Å²) in [5.74, 6) is 0.901. The highest BCUT2D eigenvalue weighted by Gasteiger charge is 2.17. The lowest BCUT2D eigenvalue weighted by atomic mass is 10.1. The summed E-state index contributed by atoms with van der Waals surface area (Å²) >= 11 is 9.76. The molecule has 102 valence electrons.